The summed E-state index contributed by atoms with van der Waals surface area (Å²) >= 11 is 5.60. The third-order valence-corrected chi connectivity index (χ3v) is 2.73. The van der Waals surface area contributed by atoms with Gasteiger partial charge in [0.25, 0.3) is 0 Å². The van der Waals surface area contributed by atoms with E-state index in [0.29, 0.717) is 0 Å². The number of nitriles is 1. The van der Waals surface area contributed by atoms with Crippen LogP contribution in [0.5, 0.6) is 0 Å². The molecule has 20 heavy (non-hydrogen) atoms. The van der Waals surface area contributed by atoms with Gasteiger partial charge in [0.05, 0.1) is 10.6 Å². The first kappa shape index (κ1) is 14.2. The van der Waals surface area contributed by atoms with E-state index in [4.69, 9.17) is 16.9 Å². The van der Waals surface area contributed by atoms with Gasteiger partial charge in [-0.05, 0) is 6.07 Å². The Morgan fingerprint density at radius 1 is 0.950 bits per heavy atom. The van der Waals surface area contributed by atoms with Crippen molar-refractivity contribution in [1.82, 2.24) is 4.98 Å². The van der Waals surface area contributed by atoms with Crippen LogP contribution in [-0.2, 0) is 0 Å². The minimum atomic E-state index is -2.25. The van der Waals surface area contributed by atoms with E-state index in [1.165, 1.54) is 0 Å². The van der Waals surface area contributed by atoms with Gasteiger partial charge in [-0.15, -0.1) is 0 Å². The van der Waals surface area contributed by atoms with E-state index >= 15 is 0 Å². The highest BCUT2D eigenvalue weighted by molar-refractivity contribution is 6.31. The van der Waals surface area contributed by atoms with Gasteiger partial charge < -0.3 is 0 Å². The van der Waals surface area contributed by atoms with Gasteiger partial charge in [-0.3, -0.25) is 0 Å². The number of hydrogen-bond donors (Lipinski definition) is 0. The zero-order valence-electron chi connectivity index (χ0n) is 9.32. The fourth-order valence-electron chi connectivity index (χ4n) is 1.52. The average molecular weight is 305 g/mol. The first-order valence-corrected chi connectivity index (χ1v) is 5.33. The van der Waals surface area contributed by atoms with Gasteiger partial charge >= 0.3 is 0 Å². The molecule has 0 bridgehead atoms. The third-order valence-electron chi connectivity index (χ3n) is 2.45. The Morgan fingerprint density at radius 2 is 1.45 bits per heavy atom. The van der Waals surface area contributed by atoms with Crippen LogP contribution in [-0.4, -0.2) is 4.98 Å². The number of nitrogens with zero attached hydrogens (tertiary/aromatic N) is 2. The van der Waals surface area contributed by atoms with E-state index < -0.39 is 40.2 Å². The maximum atomic E-state index is 13.5. The largest absolute Gasteiger partial charge is 0.243 e. The molecule has 0 aliphatic carbocycles. The number of benzene rings is 1. The lowest BCUT2D eigenvalue weighted by molar-refractivity contribution is 0.381. The topological polar surface area (TPSA) is 36.7 Å². The van der Waals surface area contributed by atoms with Crippen molar-refractivity contribution in [3.63, 3.8) is 0 Å². The van der Waals surface area contributed by atoms with Crippen LogP contribution in [0.25, 0.3) is 11.1 Å². The van der Waals surface area contributed by atoms with Crippen LogP contribution >= 0.6 is 11.6 Å². The second-order valence-electron chi connectivity index (χ2n) is 3.61. The highest BCUT2D eigenvalue weighted by Gasteiger charge is 2.27. The normalized spacial score (nSPS) is 10.4. The molecule has 0 aliphatic rings. The Labute approximate surface area is 114 Å². The monoisotopic (exact) mass is 304 g/mol. The molecule has 2 rings (SSSR count). The molecule has 0 unspecified atom stereocenters. The van der Waals surface area contributed by atoms with Crippen LogP contribution < -0.4 is 0 Å². The van der Waals surface area contributed by atoms with Crippen LogP contribution in [0.2, 0.25) is 5.02 Å². The lowest BCUT2D eigenvalue weighted by atomic mass is 10.0. The lowest BCUT2D eigenvalue weighted by Crippen LogP contribution is -2.04. The molecule has 0 saturated heterocycles. The summed E-state index contributed by atoms with van der Waals surface area (Å²) < 4.78 is 66.1. The number of pyridine rings is 1. The molecule has 0 atom stereocenters. The van der Waals surface area contributed by atoms with Crippen molar-refractivity contribution < 1.29 is 22.0 Å². The van der Waals surface area contributed by atoms with Gasteiger partial charge in [-0.25, -0.2) is 26.9 Å². The smallest absolute Gasteiger partial charge is 0.200 e. The summed E-state index contributed by atoms with van der Waals surface area (Å²) in [4.78, 5) is 3.47. The summed E-state index contributed by atoms with van der Waals surface area (Å²) in [6.45, 7) is 0. The lowest BCUT2D eigenvalue weighted by Gasteiger charge is -2.08. The first-order chi connectivity index (χ1) is 9.38. The van der Waals surface area contributed by atoms with Crippen molar-refractivity contribution in [3.05, 3.63) is 52.1 Å². The van der Waals surface area contributed by atoms with E-state index in [9.17, 15) is 22.0 Å². The first-order valence-electron chi connectivity index (χ1n) is 4.96. The molecular weight excluding hydrogens is 303 g/mol. The van der Waals surface area contributed by atoms with Gasteiger partial charge in [-0.1, -0.05) is 11.6 Å². The highest BCUT2D eigenvalue weighted by Crippen LogP contribution is 2.32. The zero-order valence-corrected chi connectivity index (χ0v) is 10.1. The van der Waals surface area contributed by atoms with Crippen LogP contribution in [0.3, 0.4) is 0 Å². The molecule has 0 radical (unpaired) electrons. The third kappa shape index (κ3) is 2.08. The van der Waals surface area contributed by atoms with Gasteiger partial charge in [-0.2, -0.15) is 5.26 Å². The Morgan fingerprint density at radius 3 is 1.90 bits per heavy atom. The fourth-order valence-corrected chi connectivity index (χ4v) is 1.72. The van der Waals surface area contributed by atoms with Gasteiger partial charge in [0, 0.05) is 11.8 Å². The van der Waals surface area contributed by atoms with Crippen LogP contribution in [0, 0.1) is 40.4 Å². The number of rotatable bonds is 1. The van der Waals surface area contributed by atoms with E-state index in [1.54, 1.807) is 6.07 Å². The van der Waals surface area contributed by atoms with Crippen LogP contribution in [0.15, 0.2) is 12.3 Å². The molecule has 2 aromatic rings. The molecule has 0 spiro atoms. The van der Waals surface area contributed by atoms with Crippen molar-refractivity contribution in [3.8, 4) is 17.2 Å². The number of halogens is 6. The Hall–Kier alpha value is -2.20. The Kier molecular flexibility index (Phi) is 3.59. The predicted molar refractivity (Wildman–Crippen MR) is 59.2 cm³/mol. The van der Waals surface area contributed by atoms with Crippen LogP contribution in [0.4, 0.5) is 22.0 Å². The Bertz CT molecular complexity index is 725. The standard InChI is InChI=1S/C12H2ClF5N2/c13-5-1-4(3-20-6(5)2-19)7-8(14)10(16)12(18)11(17)9(7)15/h1,3H. The molecule has 102 valence electrons. The average Bonchev–Trinajstić information content (AvgIpc) is 2.43. The van der Waals surface area contributed by atoms with Crippen molar-refractivity contribution in [1.29, 1.82) is 5.26 Å². The van der Waals surface area contributed by atoms with Gasteiger partial charge in [0.15, 0.2) is 29.0 Å². The van der Waals surface area contributed by atoms with Crippen molar-refractivity contribution in [2.75, 3.05) is 0 Å². The van der Waals surface area contributed by atoms with Crippen molar-refractivity contribution in [2.24, 2.45) is 0 Å². The SMILES string of the molecule is N#Cc1ncc(-c2c(F)c(F)c(F)c(F)c2F)cc1Cl. The van der Waals surface area contributed by atoms with E-state index in [2.05, 4.69) is 4.98 Å². The molecule has 2 nitrogen and oxygen atoms in total. The summed E-state index contributed by atoms with van der Waals surface area (Å²) in [7, 11) is 0. The van der Waals surface area contributed by atoms with E-state index in [-0.39, 0.29) is 10.7 Å². The van der Waals surface area contributed by atoms with Crippen LogP contribution in [0.1, 0.15) is 5.69 Å². The highest BCUT2D eigenvalue weighted by atomic mass is 35.5. The molecule has 1 heterocycles. The number of hydrogen-bond acceptors (Lipinski definition) is 2. The van der Waals surface area contributed by atoms with Gasteiger partial charge in [0.2, 0.25) is 5.82 Å². The second-order valence-corrected chi connectivity index (χ2v) is 4.02. The van der Waals surface area contributed by atoms with E-state index in [0.717, 1.165) is 12.3 Å². The molecular formula is C12H2ClF5N2. The fraction of sp³-hybridized carbons (Fsp3) is 0. The maximum Gasteiger partial charge on any atom is 0.200 e. The molecule has 0 fully saturated rings. The summed E-state index contributed by atoms with van der Waals surface area (Å²) in [5.74, 6) is -10.4. The van der Waals surface area contributed by atoms with E-state index in [1.807, 2.05) is 0 Å². The molecule has 8 heteroatoms. The minimum Gasteiger partial charge on any atom is -0.243 e. The molecule has 0 amide bonds. The van der Waals surface area contributed by atoms with Gasteiger partial charge in [0.1, 0.15) is 6.07 Å². The zero-order chi connectivity index (χ0) is 15.0. The molecule has 0 saturated carbocycles. The number of aromatic nitrogens is 1. The molecule has 1 aromatic carbocycles. The minimum absolute atomic E-state index is 0.237. The molecule has 1 aromatic heterocycles. The summed E-state index contributed by atoms with van der Waals surface area (Å²) in [6, 6.07) is 2.49. The molecule has 0 aliphatic heterocycles. The summed E-state index contributed by atoms with van der Waals surface area (Å²) in [5.41, 5.74) is -1.82. The second kappa shape index (κ2) is 5.06. The maximum absolute atomic E-state index is 13.5. The van der Waals surface area contributed by atoms with Crippen molar-refractivity contribution in [2.45, 2.75) is 0 Å². The van der Waals surface area contributed by atoms with Crippen molar-refractivity contribution >= 4 is 11.6 Å². The molecule has 0 N–H and O–H groups in total. The Balaban J connectivity index is 2.77. The summed E-state index contributed by atoms with van der Waals surface area (Å²) in [6.07, 6.45) is 0.794. The quantitative estimate of drug-likeness (QED) is 0.454. The summed E-state index contributed by atoms with van der Waals surface area (Å²) in [5, 5.41) is 8.33. The predicted octanol–water partition coefficient (Wildman–Crippen LogP) is 3.97.